The minimum absolute atomic E-state index is 0.112. The van der Waals surface area contributed by atoms with Crippen LogP contribution >= 0.6 is 0 Å². The Labute approximate surface area is 81.3 Å². The van der Waals surface area contributed by atoms with E-state index in [1.807, 2.05) is 0 Å². The summed E-state index contributed by atoms with van der Waals surface area (Å²) in [5.74, 6) is -0.575. The Hall–Kier alpha value is -1.58. The number of nitrogens with zero attached hydrogens (tertiary/aromatic N) is 1. The number of nitrogens with two attached hydrogens (primary N) is 1. The van der Waals surface area contributed by atoms with Gasteiger partial charge < -0.3 is 10.6 Å². The second kappa shape index (κ2) is 2.97. The molecule has 0 bridgehead atoms. The van der Waals surface area contributed by atoms with Gasteiger partial charge in [-0.2, -0.15) is 0 Å². The van der Waals surface area contributed by atoms with Crippen LogP contribution in [0.4, 0.5) is 10.1 Å². The summed E-state index contributed by atoms with van der Waals surface area (Å²) in [6, 6.07) is 3.02. The fraction of sp³-hybridized carbons (Fsp3) is 0.300. The first-order chi connectivity index (χ1) is 6.61. The summed E-state index contributed by atoms with van der Waals surface area (Å²) >= 11 is 0. The highest BCUT2D eigenvalue weighted by Gasteiger charge is 2.24. The molecule has 1 aromatic carbocycles. The van der Waals surface area contributed by atoms with Gasteiger partial charge in [-0.05, 0) is 18.6 Å². The van der Waals surface area contributed by atoms with Crippen molar-refractivity contribution in [3.05, 3.63) is 29.1 Å². The summed E-state index contributed by atoms with van der Waals surface area (Å²) in [4.78, 5) is 13.2. The van der Waals surface area contributed by atoms with Crippen LogP contribution in [0, 0.1) is 5.82 Å². The van der Waals surface area contributed by atoms with E-state index in [2.05, 4.69) is 0 Å². The zero-order chi connectivity index (χ0) is 10.3. The largest absolute Gasteiger partial charge is 0.396 e. The first-order valence-corrected chi connectivity index (χ1v) is 4.43. The molecule has 2 N–H and O–H groups in total. The van der Waals surface area contributed by atoms with Gasteiger partial charge in [-0.15, -0.1) is 0 Å². The second-order valence-electron chi connectivity index (χ2n) is 3.47. The standard InChI is InChI=1S/C10H11FN2O/c1-13-5-4-6-7(10(13)14)2-3-8(12)9(6)11/h2-3H,4-5,12H2,1H3. The van der Waals surface area contributed by atoms with Gasteiger partial charge in [-0.3, -0.25) is 4.79 Å². The molecule has 0 saturated carbocycles. The van der Waals surface area contributed by atoms with Crippen LogP contribution in [0.1, 0.15) is 15.9 Å². The quantitative estimate of drug-likeness (QED) is 0.627. The summed E-state index contributed by atoms with van der Waals surface area (Å²) in [5, 5.41) is 0. The first-order valence-electron chi connectivity index (χ1n) is 4.43. The molecule has 0 unspecified atom stereocenters. The van der Waals surface area contributed by atoms with Gasteiger partial charge >= 0.3 is 0 Å². The van der Waals surface area contributed by atoms with E-state index >= 15 is 0 Å². The lowest BCUT2D eigenvalue weighted by Crippen LogP contribution is -2.34. The molecule has 0 aromatic heterocycles. The molecule has 0 radical (unpaired) electrons. The third kappa shape index (κ3) is 1.14. The number of fused-ring (bicyclic) bond motifs is 1. The molecule has 1 aliphatic rings. The molecule has 1 aromatic rings. The minimum Gasteiger partial charge on any atom is -0.396 e. The molecule has 3 nitrogen and oxygen atoms in total. The minimum atomic E-state index is -0.441. The van der Waals surface area contributed by atoms with E-state index in [-0.39, 0.29) is 11.6 Å². The molecule has 0 fully saturated rings. The molecule has 0 spiro atoms. The van der Waals surface area contributed by atoms with Crippen molar-refractivity contribution in [2.75, 3.05) is 19.3 Å². The molecule has 4 heteroatoms. The van der Waals surface area contributed by atoms with E-state index < -0.39 is 5.82 Å². The van der Waals surface area contributed by atoms with Gasteiger partial charge in [0.1, 0.15) is 5.82 Å². The maximum atomic E-state index is 13.5. The van der Waals surface area contributed by atoms with Crippen molar-refractivity contribution in [1.29, 1.82) is 0 Å². The third-order valence-electron chi connectivity index (χ3n) is 2.55. The predicted molar refractivity (Wildman–Crippen MR) is 51.5 cm³/mol. The van der Waals surface area contributed by atoms with Crippen LogP contribution < -0.4 is 5.73 Å². The summed E-state index contributed by atoms with van der Waals surface area (Å²) in [6.07, 6.45) is 0.536. The molecule has 1 aliphatic heterocycles. The summed E-state index contributed by atoms with van der Waals surface area (Å²) in [5.41, 5.74) is 6.42. The summed E-state index contributed by atoms with van der Waals surface area (Å²) in [6.45, 7) is 0.548. The van der Waals surface area contributed by atoms with Crippen molar-refractivity contribution < 1.29 is 9.18 Å². The number of likely N-dealkylation sites (N-methyl/N-ethyl adjacent to an activating group) is 1. The summed E-state index contributed by atoms with van der Waals surface area (Å²) in [7, 11) is 1.71. The number of carbonyl (C=O) groups excluding carboxylic acids is 1. The SMILES string of the molecule is CN1CCc2c(ccc(N)c2F)C1=O. The van der Waals surface area contributed by atoms with Crippen LogP contribution in [0.25, 0.3) is 0 Å². The molecule has 74 valence electrons. The van der Waals surface area contributed by atoms with Gasteiger partial charge in [0.05, 0.1) is 5.69 Å². The van der Waals surface area contributed by atoms with E-state index in [0.29, 0.717) is 24.1 Å². The summed E-state index contributed by atoms with van der Waals surface area (Å²) < 4.78 is 13.5. The number of rotatable bonds is 0. The average molecular weight is 194 g/mol. The average Bonchev–Trinajstić information content (AvgIpc) is 2.17. The number of anilines is 1. The molecule has 0 aliphatic carbocycles. The number of hydrogen-bond acceptors (Lipinski definition) is 2. The fourth-order valence-electron chi connectivity index (χ4n) is 1.67. The number of carbonyl (C=O) groups is 1. The van der Waals surface area contributed by atoms with Crippen molar-refractivity contribution in [3.63, 3.8) is 0 Å². The fourth-order valence-corrected chi connectivity index (χ4v) is 1.67. The zero-order valence-corrected chi connectivity index (χ0v) is 7.88. The monoisotopic (exact) mass is 194 g/mol. The van der Waals surface area contributed by atoms with Crippen molar-refractivity contribution in [1.82, 2.24) is 4.90 Å². The molecule has 0 atom stereocenters. The van der Waals surface area contributed by atoms with Crippen LogP contribution in [-0.4, -0.2) is 24.4 Å². The maximum Gasteiger partial charge on any atom is 0.253 e. The van der Waals surface area contributed by atoms with Gasteiger partial charge in [0, 0.05) is 24.7 Å². The Kier molecular flexibility index (Phi) is 1.91. The van der Waals surface area contributed by atoms with E-state index in [9.17, 15) is 9.18 Å². The van der Waals surface area contributed by atoms with Crippen LogP contribution in [-0.2, 0) is 6.42 Å². The van der Waals surface area contributed by atoms with Gasteiger partial charge in [0.25, 0.3) is 5.91 Å². The Bertz CT molecular complexity index is 403. The van der Waals surface area contributed by atoms with Crippen molar-refractivity contribution in [3.8, 4) is 0 Å². The molecule has 1 heterocycles. The van der Waals surface area contributed by atoms with Gasteiger partial charge in [-0.1, -0.05) is 0 Å². The van der Waals surface area contributed by atoms with Crippen molar-refractivity contribution in [2.45, 2.75) is 6.42 Å². The van der Waals surface area contributed by atoms with E-state index in [4.69, 9.17) is 5.73 Å². The second-order valence-corrected chi connectivity index (χ2v) is 3.47. The lowest BCUT2D eigenvalue weighted by molar-refractivity contribution is 0.0779. The topological polar surface area (TPSA) is 46.3 Å². The van der Waals surface area contributed by atoms with Crippen LogP contribution in [0.15, 0.2) is 12.1 Å². The van der Waals surface area contributed by atoms with Gasteiger partial charge in [-0.25, -0.2) is 4.39 Å². The predicted octanol–water partition coefficient (Wildman–Crippen LogP) is 1.04. The Morgan fingerprint density at radius 2 is 2.21 bits per heavy atom. The highest BCUT2D eigenvalue weighted by Crippen LogP contribution is 2.24. The molecular formula is C10H11FN2O. The Balaban J connectivity index is 2.59. The first kappa shape index (κ1) is 8.99. The van der Waals surface area contributed by atoms with Crippen molar-refractivity contribution in [2.24, 2.45) is 0 Å². The number of halogens is 1. The highest BCUT2D eigenvalue weighted by atomic mass is 19.1. The smallest absolute Gasteiger partial charge is 0.253 e. The molecular weight excluding hydrogens is 183 g/mol. The maximum absolute atomic E-state index is 13.5. The normalized spacial score (nSPS) is 15.6. The number of benzene rings is 1. The van der Waals surface area contributed by atoms with Crippen molar-refractivity contribution >= 4 is 11.6 Å². The van der Waals surface area contributed by atoms with E-state index in [1.54, 1.807) is 18.0 Å². The highest BCUT2D eigenvalue weighted by molar-refractivity contribution is 5.97. The number of nitrogen functional groups attached to an aromatic ring is 1. The molecule has 0 saturated heterocycles. The van der Waals surface area contributed by atoms with Crippen LogP contribution in [0.5, 0.6) is 0 Å². The number of amides is 1. The lowest BCUT2D eigenvalue weighted by atomic mass is 9.98. The molecule has 14 heavy (non-hydrogen) atoms. The van der Waals surface area contributed by atoms with E-state index in [0.717, 1.165) is 0 Å². The molecule has 1 amide bonds. The zero-order valence-electron chi connectivity index (χ0n) is 7.88. The Morgan fingerprint density at radius 1 is 1.50 bits per heavy atom. The van der Waals surface area contributed by atoms with Gasteiger partial charge in [0.15, 0.2) is 0 Å². The van der Waals surface area contributed by atoms with Crippen LogP contribution in [0.2, 0.25) is 0 Å². The van der Waals surface area contributed by atoms with Crippen LogP contribution in [0.3, 0.4) is 0 Å². The Morgan fingerprint density at radius 3 is 2.93 bits per heavy atom. The van der Waals surface area contributed by atoms with E-state index in [1.165, 1.54) is 6.07 Å². The number of hydrogen-bond donors (Lipinski definition) is 1. The lowest BCUT2D eigenvalue weighted by Gasteiger charge is -2.25. The third-order valence-corrected chi connectivity index (χ3v) is 2.55. The molecule has 2 rings (SSSR count). The van der Waals surface area contributed by atoms with Gasteiger partial charge in [0.2, 0.25) is 0 Å².